The van der Waals surface area contributed by atoms with Gasteiger partial charge in [-0.2, -0.15) is 8.78 Å². The molecule has 0 saturated heterocycles. The summed E-state index contributed by atoms with van der Waals surface area (Å²) in [4.78, 5) is 0.180. The molecule has 4 nitrogen and oxygen atoms in total. The van der Waals surface area contributed by atoms with Gasteiger partial charge in [0.25, 0.3) is 15.8 Å². The second-order valence-electron chi connectivity index (χ2n) is 4.16. The van der Waals surface area contributed by atoms with E-state index >= 15 is 0 Å². The third-order valence-corrected chi connectivity index (χ3v) is 4.89. The highest BCUT2D eigenvalue weighted by Crippen LogP contribution is 2.32. The molecule has 0 saturated carbocycles. The standard InChI is InChI=1S/C14H13F2NO3S2/c1-20-10-6-8-11(9-7-10)22(18,19)17-12-4-2-3-5-13(12)21-14(15)16/h2-9,14,17H,1H3. The number of anilines is 1. The first-order chi connectivity index (χ1) is 10.4. The summed E-state index contributed by atoms with van der Waals surface area (Å²) in [6, 6.07) is 11.8. The summed E-state index contributed by atoms with van der Waals surface area (Å²) in [5, 5.41) is 0. The number of para-hydroxylation sites is 1. The molecule has 0 aliphatic carbocycles. The van der Waals surface area contributed by atoms with Crippen molar-refractivity contribution in [1.82, 2.24) is 0 Å². The zero-order valence-corrected chi connectivity index (χ0v) is 13.1. The van der Waals surface area contributed by atoms with Gasteiger partial charge < -0.3 is 4.74 Å². The summed E-state index contributed by atoms with van der Waals surface area (Å²) in [6.45, 7) is 0. The van der Waals surface area contributed by atoms with Crippen LogP contribution in [0, 0.1) is 0 Å². The van der Waals surface area contributed by atoms with E-state index in [0.29, 0.717) is 5.75 Å². The molecule has 0 fully saturated rings. The van der Waals surface area contributed by atoms with Crippen molar-refractivity contribution in [2.75, 3.05) is 11.8 Å². The molecular formula is C14H13F2NO3S2. The van der Waals surface area contributed by atoms with Crippen LogP contribution in [0.25, 0.3) is 0 Å². The Bertz CT molecular complexity index is 734. The molecule has 0 atom stereocenters. The number of nitrogens with one attached hydrogen (secondary N) is 1. The van der Waals surface area contributed by atoms with Crippen molar-refractivity contribution in [3.8, 4) is 5.75 Å². The first kappa shape index (κ1) is 16.6. The fraction of sp³-hybridized carbons (Fsp3) is 0.143. The SMILES string of the molecule is COc1ccc(S(=O)(=O)Nc2ccccc2SC(F)F)cc1. The first-order valence-corrected chi connectivity index (χ1v) is 8.49. The van der Waals surface area contributed by atoms with Crippen LogP contribution in [0.3, 0.4) is 0 Å². The Morgan fingerprint density at radius 1 is 1.09 bits per heavy atom. The maximum absolute atomic E-state index is 12.5. The van der Waals surface area contributed by atoms with E-state index in [4.69, 9.17) is 4.74 Å². The van der Waals surface area contributed by atoms with Crippen molar-refractivity contribution in [3.63, 3.8) is 0 Å². The molecule has 2 aromatic carbocycles. The van der Waals surface area contributed by atoms with Crippen molar-refractivity contribution in [2.45, 2.75) is 15.5 Å². The van der Waals surface area contributed by atoms with E-state index in [0.717, 1.165) is 0 Å². The van der Waals surface area contributed by atoms with Crippen LogP contribution in [-0.2, 0) is 10.0 Å². The first-order valence-electron chi connectivity index (χ1n) is 6.13. The molecular weight excluding hydrogens is 332 g/mol. The number of hydrogen-bond acceptors (Lipinski definition) is 4. The van der Waals surface area contributed by atoms with Crippen LogP contribution in [0.4, 0.5) is 14.5 Å². The molecule has 0 bridgehead atoms. The fourth-order valence-corrected chi connectivity index (χ4v) is 3.45. The molecule has 0 aromatic heterocycles. The number of hydrogen-bond donors (Lipinski definition) is 1. The zero-order valence-electron chi connectivity index (χ0n) is 11.5. The van der Waals surface area contributed by atoms with E-state index in [-0.39, 0.29) is 27.2 Å². The molecule has 0 radical (unpaired) electrons. The van der Waals surface area contributed by atoms with Gasteiger partial charge in [0.2, 0.25) is 0 Å². The van der Waals surface area contributed by atoms with Gasteiger partial charge in [-0.15, -0.1) is 0 Å². The van der Waals surface area contributed by atoms with E-state index in [1.54, 1.807) is 12.1 Å². The topological polar surface area (TPSA) is 55.4 Å². The maximum atomic E-state index is 12.5. The number of sulfonamides is 1. The molecule has 0 spiro atoms. The molecule has 0 amide bonds. The highest BCUT2D eigenvalue weighted by Gasteiger charge is 2.17. The van der Waals surface area contributed by atoms with Gasteiger partial charge in [-0.3, -0.25) is 4.72 Å². The van der Waals surface area contributed by atoms with Gasteiger partial charge >= 0.3 is 0 Å². The van der Waals surface area contributed by atoms with Crippen molar-refractivity contribution in [2.24, 2.45) is 0 Å². The third kappa shape index (κ3) is 4.11. The molecule has 8 heteroatoms. The monoisotopic (exact) mass is 345 g/mol. The van der Waals surface area contributed by atoms with Gasteiger partial charge in [-0.1, -0.05) is 23.9 Å². The van der Waals surface area contributed by atoms with E-state index in [2.05, 4.69) is 4.72 Å². The summed E-state index contributed by atoms with van der Waals surface area (Å²) in [6.07, 6.45) is 0. The van der Waals surface area contributed by atoms with Crippen LogP contribution in [0.2, 0.25) is 0 Å². The minimum atomic E-state index is -3.86. The fourth-order valence-electron chi connectivity index (χ4n) is 1.71. The van der Waals surface area contributed by atoms with Crippen molar-refractivity contribution in [1.29, 1.82) is 0 Å². The number of thioether (sulfide) groups is 1. The van der Waals surface area contributed by atoms with Crippen LogP contribution in [0.1, 0.15) is 0 Å². The number of benzene rings is 2. The predicted octanol–water partition coefficient (Wildman–Crippen LogP) is 3.81. The molecule has 0 unspecified atom stereocenters. The van der Waals surface area contributed by atoms with Gasteiger partial charge in [0.15, 0.2) is 0 Å². The summed E-state index contributed by atoms with van der Waals surface area (Å²) in [7, 11) is -2.39. The number of halogens is 2. The predicted molar refractivity (Wildman–Crippen MR) is 82.1 cm³/mol. The quantitative estimate of drug-likeness (QED) is 0.809. The Labute approximate surface area is 131 Å². The number of alkyl halides is 2. The van der Waals surface area contributed by atoms with Crippen molar-refractivity contribution < 1.29 is 21.9 Å². The van der Waals surface area contributed by atoms with Gasteiger partial charge in [0.05, 0.1) is 17.7 Å². The van der Waals surface area contributed by atoms with Gasteiger partial charge in [0, 0.05) is 4.90 Å². The smallest absolute Gasteiger partial charge is 0.288 e. The molecule has 0 heterocycles. The summed E-state index contributed by atoms with van der Waals surface area (Å²) < 4.78 is 56.9. The summed E-state index contributed by atoms with van der Waals surface area (Å²) in [5.74, 6) is -2.11. The van der Waals surface area contributed by atoms with E-state index in [1.165, 1.54) is 43.5 Å². The minimum absolute atomic E-state index is 0.0187. The van der Waals surface area contributed by atoms with Gasteiger partial charge in [-0.05, 0) is 36.4 Å². The lowest BCUT2D eigenvalue weighted by atomic mass is 10.3. The van der Waals surface area contributed by atoms with Crippen LogP contribution < -0.4 is 9.46 Å². The van der Waals surface area contributed by atoms with Crippen LogP contribution in [-0.4, -0.2) is 21.3 Å². The molecule has 2 aromatic rings. The second-order valence-corrected chi connectivity index (χ2v) is 6.87. The molecule has 1 N–H and O–H groups in total. The van der Waals surface area contributed by atoms with Gasteiger partial charge in [0.1, 0.15) is 5.75 Å². The second kappa shape index (κ2) is 6.97. The maximum Gasteiger partial charge on any atom is 0.288 e. The number of ether oxygens (including phenoxy) is 1. The average molecular weight is 345 g/mol. The third-order valence-electron chi connectivity index (χ3n) is 2.72. The lowest BCUT2D eigenvalue weighted by Crippen LogP contribution is -2.13. The Morgan fingerprint density at radius 2 is 1.73 bits per heavy atom. The zero-order chi connectivity index (χ0) is 16.2. The molecule has 2 rings (SSSR count). The Kier molecular flexibility index (Phi) is 5.25. The molecule has 118 valence electrons. The highest BCUT2D eigenvalue weighted by molar-refractivity contribution is 7.99. The van der Waals surface area contributed by atoms with Crippen molar-refractivity contribution in [3.05, 3.63) is 48.5 Å². The van der Waals surface area contributed by atoms with Crippen LogP contribution in [0.5, 0.6) is 5.75 Å². The molecule has 22 heavy (non-hydrogen) atoms. The number of methoxy groups -OCH3 is 1. The van der Waals surface area contributed by atoms with Crippen molar-refractivity contribution >= 4 is 27.5 Å². The normalized spacial score (nSPS) is 11.5. The lowest BCUT2D eigenvalue weighted by Gasteiger charge is -2.12. The minimum Gasteiger partial charge on any atom is -0.497 e. The largest absolute Gasteiger partial charge is 0.497 e. The Hall–Kier alpha value is -1.80. The number of rotatable bonds is 6. The Balaban J connectivity index is 2.28. The lowest BCUT2D eigenvalue weighted by molar-refractivity contribution is 0.252. The molecule has 0 aliphatic heterocycles. The Morgan fingerprint density at radius 3 is 2.32 bits per heavy atom. The summed E-state index contributed by atoms with van der Waals surface area (Å²) in [5.41, 5.74) is 0.114. The highest BCUT2D eigenvalue weighted by atomic mass is 32.2. The van der Waals surface area contributed by atoms with Crippen LogP contribution >= 0.6 is 11.8 Å². The van der Waals surface area contributed by atoms with Gasteiger partial charge in [-0.25, -0.2) is 8.42 Å². The van der Waals surface area contributed by atoms with E-state index in [9.17, 15) is 17.2 Å². The average Bonchev–Trinajstić information content (AvgIpc) is 2.48. The summed E-state index contributed by atoms with van der Waals surface area (Å²) >= 11 is 0.287. The van der Waals surface area contributed by atoms with E-state index in [1.807, 2.05) is 0 Å². The van der Waals surface area contributed by atoms with E-state index < -0.39 is 15.8 Å². The molecule has 0 aliphatic rings. The van der Waals surface area contributed by atoms with Crippen LogP contribution in [0.15, 0.2) is 58.3 Å².